The number of halogens is 2. The van der Waals surface area contributed by atoms with Crippen molar-refractivity contribution in [3.05, 3.63) is 35.5 Å². The lowest BCUT2D eigenvalue weighted by atomic mass is 10.0. The molecule has 1 atom stereocenters. The van der Waals surface area contributed by atoms with Crippen LogP contribution in [0.2, 0.25) is 5.02 Å². The second kappa shape index (κ2) is 8.06. The molecule has 30 heavy (non-hydrogen) atoms. The Hall–Kier alpha value is -2.94. The van der Waals surface area contributed by atoms with Crippen LogP contribution in [0.1, 0.15) is 26.7 Å². The summed E-state index contributed by atoms with van der Waals surface area (Å²) >= 11 is 6.08. The van der Waals surface area contributed by atoms with Crippen molar-refractivity contribution in [2.75, 3.05) is 24.2 Å². The van der Waals surface area contributed by atoms with Crippen LogP contribution < -0.4 is 11.2 Å². The Balaban J connectivity index is 1.62. The van der Waals surface area contributed by atoms with Gasteiger partial charge in [-0.05, 0) is 18.9 Å². The zero-order valence-corrected chi connectivity index (χ0v) is 17.5. The summed E-state index contributed by atoms with van der Waals surface area (Å²) in [4.78, 5) is 26.9. The summed E-state index contributed by atoms with van der Waals surface area (Å²) in [5.74, 6) is 5.86. The van der Waals surface area contributed by atoms with Gasteiger partial charge in [0, 0.05) is 48.4 Å². The quantitative estimate of drug-likeness (QED) is 0.615. The number of nitrogens with two attached hydrogens (primary N) is 1. The number of anilines is 1. The summed E-state index contributed by atoms with van der Waals surface area (Å²) in [5.41, 5.74) is 1.12. The number of aromatic nitrogens is 4. The molecular weight excluding hydrogens is 409 g/mol. The van der Waals surface area contributed by atoms with Gasteiger partial charge in [-0.2, -0.15) is 0 Å². The van der Waals surface area contributed by atoms with Crippen LogP contribution in [0.25, 0.3) is 22.4 Å². The highest BCUT2D eigenvalue weighted by molar-refractivity contribution is 6.31. The van der Waals surface area contributed by atoms with Crippen molar-refractivity contribution in [2.45, 2.75) is 32.7 Å². The van der Waals surface area contributed by atoms with E-state index in [0.29, 0.717) is 34.0 Å². The molecule has 1 aliphatic rings. The second-order valence-corrected chi connectivity index (χ2v) is 8.22. The van der Waals surface area contributed by atoms with Crippen LogP contribution >= 0.6 is 11.6 Å². The highest BCUT2D eigenvalue weighted by Gasteiger charge is 2.26. The van der Waals surface area contributed by atoms with Gasteiger partial charge in [-0.3, -0.25) is 9.47 Å². The van der Waals surface area contributed by atoms with Crippen molar-refractivity contribution in [1.82, 2.24) is 24.5 Å². The highest BCUT2D eigenvalue weighted by atomic mass is 35.5. The van der Waals surface area contributed by atoms with Gasteiger partial charge in [0.2, 0.25) is 5.91 Å². The topological polar surface area (TPSA) is 102 Å². The van der Waals surface area contributed by atoms with Crippen molar-refractivity contribution in [1.29, 1.82) is 0 Å². The van der Waals surface area contributed by atoms with E-state index in [1.54, 1.807) is 12.3 Å². The molecule has 1 aliphatic heterocycles. The minimum Gasteiger partial charge on any atom is -0.363 e. The second-order valence-electron chi connectivity index (χ2n) is 7.79. The molecule has 0 aromatic carbocycles. The van der Waals surface area contributed by atoms with Gasteiger partial charge < -0.3 is 16.1 Å². The molecule has 4 heterocycles. The maximum atomic E-state index is 14.5. The smallest absolute Gasteiger partial charge is 0.225 e. The van der Waals surface area contributed by atoms with Crippen molar-refractivity contribution in [3.63, 3.8) is 0 Å². The van der Waals surface area contributed by atoms with Crippen LogP contribution in [0, 0.1) is 11.7 Å². The number of carbonyl (C=O) groups excluding carboxylic acids is 1. The number of piperidine rings is 1. The molecule has 0 aliphatic carbocycles. The molecule has 0 bridgehead atoms. The average Bonchev–Trinajstić information content (AvgIpc) is 3.05. The van der Waals surface area contributed by atoms with Crippen molar-refractivity contribution < 1.29 is 9.18 Å². The number of fused-ring (bicyclic) bond motifs is 1. The van der Waals surface area contributed by atoms with Gasteiger partial charge in [-0.15, -0.1) is 0 Å². The summed E-state index contributed by atoms with van der Waals surface area (Å²) in [5, 5.41) is 4.28. The third kappa shape index (κ3) is 3.89. The van der Waals surface area contributed by atoms with Crippen molar-refractivity contribution in [2.24, 2.45) is 5.92 Å². The van der Waals surface area contributed by atoms with Crippen LogP contribution in [0.15, 0.2) is 24.7 Å². The molecule has 3 N–H and O–H groups in total. The number of likely N-dealkylation sites (tertiary alicyclic amines) is 1. The lowest BCUT2D eigenvalue weighted by molar-refractivity contribution is -0.135. The first-order chi connectivity index (χ1) is 14.3. The molecule has 3 aromatic rings. The largest absolute Gasteiger partial charge is 0.363 e. The Bertz CT molecular complexity index is 1100. The third-order valence-electron chi connectivity index (χ3n) is 5.19. The SMILES string of the molecule is CC(C)C(=O)N1CCC[C@H](Nc2nc(-c3cn(N)c4ncc(Cl)cc34)ncc2F)C1. The Morgan fingerprint density at radius 3 is 2.93 bits per heavy atom. The summed E-state index contributed by atoms with van der Waals surface area (Å²) < 4.78 is 15.8. The predicted molar refractivity (Wildman–Crippen MR) is 114 cm³/mol. The number of nitrogen functional groups attached to an aromatic ring is 1. The number of carbonyl (C=O) groups is 1. The van der Waals surface area contributed by atoms with Gasteiger partial charge in [0.25, 0.3) is 0 Å². The molecule has 1 amide bonds. The Labute approximate surface area is 178 Å². The molecule has 1 saturated heterocycles. The van der Waals surface area contributed by atoms with Crippen LogP contribution in [-0.4, -0.2) is 49.6 Å². The molecule has 0 saturated carbocycles. The average molecular weight is 432 g/mol. The van der Waals surface area contributed by atoms with E-state index < -0.39 is 5.82 Å². The first kappa shape index (κ1) is 20.3. The summed E-state index contributed by atoms with van der Waals surface area (Å²) in [6.07, 6.45) is 5.93. The molecule has 158 valence electrons. The van der Waals surface area contributed by atoms with Gasteiger partial charge in [0.15, 0.2) is 23.1 Å². The molecule has 0 spiro atoms. The third-order valence-corrected chi connectivity index (χ3v) is 5.40. The zero-order chi connectivity index (χ0) is 21.4. The summed E-state index contributed by atoms with van der Waals surface area (Å²) in [6.45, 7) is 4.99. The maximum absolute atomic E-state index is 14.5. The summed E-state index contributed by atoms with van der Waals surface area (Å²) in [6, 6.07) is 1.63. The molecule has 1 fully saturated rings. The van der Waals surface area contributed by atoms with Crippen molar-refractivity contribution >= 4 is 34.4 Å². The van der Waals surface area contributed by atoms with Crippen LogP contribution in [0.4, 0.5) is 10.2 Å². The van der Waals surface area contributed by atoms with Gasteiger partial charge in [-0.1, -0.05) is 25.4 Å². The van der Waals surface area contributed by atoms with Gasteiger partial charge >= 0.3 is 0 Å². The Kier molecular flexibility index (Phi) is 5.46. The van der Waals surface area contributed by atoms with E-state index in [-0.39, 0.29) is 23.7 Å². The Morgan fingerprint density at radius 1 is 1.37 bits per heavy atom. The fraction of sp³-hybridized carbons (Fsp3) is 0.400. The fourth-order valence-corrected chi connectivity index (χ4v) is 3.89. The standard InChI is InChI=1S/C20H23ClFN7O/c1-11(2)20(30)28-5-3-4-13(9-28)26-18-16(22)8-24-17(27-18)15-10-29(23)19-14(15)6-12(21)7-25-19/h6-8,10-11,13H,3-5,9,23H2,1-2H3,(H,24,26,27)/t13-/m0/s1. The van der Waals surface area contributed by atoms with E-state index in [0.717, 1.165) is 25.6 Å². The van der Waals surface area contributed by atoms with Gasteiger partial charge in [-0.25, -0.2) is 19.3 Å². The lowest BCUT2D eigenvalue weighted by Gasteiger charge is -2.34. The number of nitrogens with zero attached hydrogens (tertiary/aromatic N) is 5. The van der Waals surface area contributed by atoms with E-state index >= 15 is 0 Å². The molecule has 0 unspecified atom stereocenters. The van der Waals surface area contributed by atoms with E-state index in [9.17, 15) is 9.18 Å². The normalized spacial score (nSPS) is 17.0. The number of hydrogen-bond donors (Lipinski definition) is 2. The monoisotopic (exact) mass is 431 g/mol. The van der Waals surface area contributed by atoms with E-state index in [2.05, 4.69) is 20.3 Å². The van der Waals surface area contributed by atoms with E-state index in [4.69, 9.17) is 17.4 Å². The van der Waals surface area contributed by atoms with Crippen LogP contribution in [0.5, 0.6) is 0 Å². The van der Waals surface area contributed by atoms with Crippen LogP contribution in [-0.2, 0) is 4.79 Å². The highest BCUT2D eigenvalue weighted by Crippen LogP contribution is 2.29. The number of amides is 1. The van der Waals surface area contributed by atoms with E-state index in [1.807, 2.05) is 18.7 Å². The van der Waals surface area contributed by atoms with Crippen molar-refractivity contribution in [3.8, 4) is 11.4 Å². The molecule has 4 rings (SSSR count). The number of pyridine rings is 1. The molecule has 3 aromatic heterocycles. The maximum Gasteiger partial charge on any atom is 0.225 e. The molecule has 0 radical (unpaired) electrons. The lowest BCUT2D eigenvalue weighted by Crippen LogP contribution is -2.46. The molecule has 10 heteroatoms. The first-order valence-electron chi connectivity index (χ1n) is 9.83. The van der Waals surface area contributed by atoms with Gasteiger partial charge in [0.1, 0.15) is 0 Å². The fourth-order valence-electron chi connectivity index (χ4n) is 3.74. The molecular formula is C20H23ClFN7O. The van der Waals surface area contributed by atoms with Crippen LogP contribution in [0.3, 0.4) is 0 Å². The number of hydrogen-bond acceptors (Lipinski definition) is 6. The van der Waals surface area contributed by atoms with Gasteiger partial charge in [0.05, 0.1) is 11.2 Å². The Morgan fingerprint density at radius 2 is 2.17 bits per heavy atom. The molecule has 8 nitrogen and oxygen atoms in total. The summed E-state index contributed by atoms with van der Waals surface area (Å²) in [7, 11) is 0. The predicted octanol–water partition coefficient (Wildman–Crippen LogP) is 3.06. The first-order valence-corrected chi connectivity index (χ1v) is 10.2. The van der Waals surface area contributed by atoms with E-state index in [1.165, 1.54) is 10.9 Å². The number of nitrogens with one attached hydrogen (secondary N) is 1. The zero-order valence-electron chi connectivity index (χ0n) is 16.8. The minimum atomic E-state index is -0.557. The minimum absolute atomic E-state index is 0.0693. The number of rotatable bonds is 4.